The van der Waals surface area contributed by atoms with Gasteiger partial charge in [-0.3, -0.25) is 4.57 Å². The number of aryl methyl sites for hydroxylation is 1. The minimum atomic E-state index is -2.16. The van der Waals surface area contributed by atoms with E-state index >= 15 is 0 Å². The number of benzene rings is 2. The van der Waals surface area contributed by atoms with E-state index in [-0.39, 0.29) is 5.56 Å². The third kappa shape index (κ3) is 1.76. The van der Waals surface area contributed by atoms with Crippen LogP contribution in [-0.4, -0.2) is 9.55 Å². The van der Waals surface area contributed by atoms with E-state index in [0.29, 0.717) is 5.52 Å². The predicted molar refractivity (Wildman–Crippen MR) is 73.5 cm³/mol. The summed E-state index contributed by atoms with van der Waals surface area (Å²) in [4.78, 5) is 4.28. The second-order valence-electron chi connectivity index (χ2n) is 3.77. The Bertz CT molecular complexity index is 777. The Labute approximate surface area is 112 Å². The van der Waals surface area contributed by atoms with E-state index < -0.39 is 6.85 Å². The Morgan fingerprint density at radius 3 is 2.94 bits per heavy atom. The van der Waals surface area contributed by atoms with Gasteiger partial charge in [0.05, 0.1) is 11.0 Å². The smallest absolute Gasteiger partial charge is 0.100 e. The lowest BCUT2D eigenvalue weighted by Gasteiger charge is -2.04. The van der Waals surface area contributed by atoms with Crippen molar-refractivity contribution in [3.63, 3.8) is 0 Å². The molecule has 0 aliphatic rings. The number of para-hydroxylation sites is 1. The Hall–Kier alpha value is -1.61. The monoisotopic (exact) mass is 289 g/mol. The zero-order chi connectivity index (χ0) is 14.3. The van der Waals surface area contributed by atoms with Crippen LogP contribution in [0.15, 0.2) is 53.3 Å². The maximum atomic E-state index is 7.58. The van der Waals surface area contributed by atoms with E-state index in [0.717, 1.165) is 15.7 Å². The van der Waals surface area contributed by atoms with Crippen LogP contribution in [0.4, 0.5) is 0 Å². The summed E-state index contributed by atoms with van der Waals surface area (Å²) in [6.07, 6.45) is 1.65. The Balaban J connectivity index is 2.25. The van der Waals surface area contributed by atoms with Crippen molar-refractivity contribution in [2.24, 2.45) is 0 Å². The van der Waals surface area contributed by atoms with Gasteiger partial charge in [0, 0.05) is 14.3 Å². The summed E-state index contributed by atoms with van der Waals surface area (Å²) >= 11 is 3.43. The summed E-state index contributed by atoms with van der Waals surface area (Å²) in [6.45, 7) is -2.16. The molecule has 0 spiro atoms. The average molecular weight is 290 g/mol. The lowest BCUT2D eigenvalue weighted by atomic mass is 10.2. The molecule has 0 saturated heterocycles. The normalized spacial score (nSPS) is 14.3. The zero-order valence-corrected chi connectivity index (χ0v) is 10.5. The average Bonchev–Trinajstić information content (AvgIpc) is 2.81. The molecule has 0 saturated carbocycles. The number of halogens is 1. The molecule has 84 valence electrons. The van der Waals surface area contributed by atoms with Crippen LogP contribution in [0.5, 0.6) is 0 Å². The molecule has 0 fully saturated rings. The fourth-order valence-electron chi connectivity index (χ4n) is 1.87. The number of aromatic nitrogens is 2. The van der Waals surface area contributed by atoms with Gasteiger partial charge in [0.15, 0.2) is 0 Å². The Morgan fingerprint density at radius 2 is 2.12 bits per heavy atom. The highest BCUT2D eigenvalue weighted by Crippen LogP contribution is 2.22. The lowest BCUT2D eigenvalue weighted by molar-refractivity contribution is 1.09. The van der Waals surface area contributed by atoms with Gasteiger partial charge in [0.1, 0.15) is 6.33 Å². The van der Waals surface area contributed by atoms with Crippen LogP contribution in [0.1, 0.15) is 9.68 Å². The first-order valence-corrected chi connectivity index (χ1v) is 5.98. The van der Waals surface area contributed by atoms with E-state index in [4.69, 9.17) is 4.11 Å². The molecule has 0 bridgehead atoms. The van der Waals surface area contributed by atoms with Gasteiger partial charge < -0.3 is 0 Å². The van der Waals surface area contributed by atoms with Crippen LogP contribution in [0.2, 0.25) is 0 Å². The fraction of sp³-hybridized carbons (Fsp3) is 0.0714. The fourth-order valence-corrected chi connectivity index (χ4v) is 2.26. The molecule has 0 aliphatic carbocycles. The first kappa shape index (κ1) is 7.67. The van der Waals surface area contributed by atoms with Crippen LogP contribution in [0.25, 0.3) is 16.7 Å². The van der Waals surface area contributed by atoms with Crippen molar-refractivity contribution in [2.75, 3.05) is 0 Å². The number of hydrogen-bond donors (Lipinski definition) is 0. The number of nitrogens with zero attached hydrogens (tertiary/aromatic N) is 2. The highest BCUT2D eigenvalue weighted by atomic mass is 79.9. The minimum Gasteiger partial charge on any atom is -0.299 e. The van der Waals surface area contributed by atoms with Gasteiger partial charge in [-0.05, 0) is 36.7 Å². The van der Waals surface area contributed by atoms with Crippen LogP contribution in [0.3, 0.4) is 0 Å². The van der Waals surface area contributed by atoms with E-state index in [9.17, 15) is 0 Å². The standard InChI is InChI=1S/C14H11BrN2/c1-10-4-2-7-13-14(10)16-9-17(13)12-6-3-5-11(15)8-12/h2-9H,1H3/i1D3. The van der Waals surface area contributed by atoms with Crippen molar-refractivity contribution < 1.29 is 4.11 Å². The van der Waals surface area contributed by atoms with Crippen LogP contribution < -0.4 is 0 Å². The second-order valence-corrected chi connectivity index (χ2v) is 4.68. The van der Waals surface area contributed by atoms with Gasteiger partial charge in [0.2, 0.25) is 0 Å². The molecule has 3 aromatic rings. The molecule has 17 heavy (non-hydrogen) atoms. The van der Waals surface area contributed by atoms with Gasteiger partial charge >= 0.3 is 0 Å². The van der Waals surface area contributed by atoms with Crippen molar-refractivity contribution in [1.29, 1.82) is 0 Å². The topological polar surface area (TPSA) is 17.8 Å². The molecule has 0 radical (unpaired) electrons. The largest absolute Gasteiger partial charge is 0.299 e. The zero-order valence-electron chi connectivity index (χ0n) is 11.9. The summed E-state index contributed by atoms with van der Waals surface area (Å²) in [7, 11) is 0. The molecule has 2 aromatic carbocycles. The predicted octanol–water partition coefficient (Wildman–Crippen LogP) is 4.10. The molecule has 0 aliphatic heterocycles. The summed E-state index contributed by atoms with van der Waals surface area (Å²) in [5, 5.41) is 0. The van der Waals surface area contributed by atoms with Crippen LogP contribution in [-0.2, 0) is 0 Å². The van der Waals surface area contributed by atoms with E-state index in [2.05, 4.69) is 20.9 Å². The number of hydrogen-bond acceptors (Lipinski definition) is 1. The SMILES string of the molecule is [2H]C([2H])([2H])c1cccc2c1ncn2-c1cccc(Br)c1. The highest BCUT2D eigenvalue weighted by Gasteiger charge is 2.05. The Kier molecular flexibility index (Phi) is 1.80. The van der Waals surface area contributed by atoms with Gasteiger partial charge in [0.25, 0.3) is 0 Å². The third-order valence-corrected chi connectivity index (χ3v) is 3.16. The molecular formula is C14H11BrN2. The number of fused-ring (bicyclic) bond motifs is 1. The van der Waals surface area contributed by atoms with Gasteiger partial charge in [-0.15, -0.1) is 0 Å². The van der Waals surface area contributed by atoms with E-state index in [1.807, 2.05) is 34.9 Å². The van der Waals surface area contributed by atoms with Crippen molar-refractivity contribution in [2.45, 2.75) is 6.85 Å². The highest BCUT2D eigenvalue weighted by molar-refractivity contribution is 9.10. The summed E-state index contributed by atoms with van der Waals surface area (Å²) < 4.78 is 25.6. The molecule has 3 rings (SSSR count). The minimum absolute atomic E-state index is 0.281. The first-order chi connectivity index (χ1) is 9.47. The van der Waals surface area contributed by atoms with Crippen molar-refractivity contribution >= 4 is 27.0 Å². The second kappa shape index (κ2) is 4.00. The molecule has 0 amide bonds. The molecule has 1 aromatic heterocycles. The van der Waals surface area contributed by atoms with E-state index in [1.54, 1.807) is 18.5 Å². The molecule has 2 nitrogen and oxygen atoms in total. The van der Waals surface area contributed by atoms with Gasteiger partial charge in [-0.2, -0.15) is 0 Å². The van der Waals surface area contributed by atoms with Crippen molar-refractivity contribution in [1.82, 2.24) is 9.55 Å². The van der Waals surface area contributed by atoms with Crippen LogP contribution >= 0.6 is 15.9 Å². The molecule has 1 heterocycles. The molecule has 0 atom stereocenters. The Morgan fingerprint density at radius 1 is 1.24 bits per heavy atom. The quantitative estimate of drug-likeness (QED) is 0.660. The summed E-state index contributed by atoms with van der Waals surface area (Å²) in [6, 6.07) is 13.0. The maximum absolute atomic E-state index is 7.58. The molecule has 3 heteroatoms. The molecule has 0 unspecified atom stereocenters. The first-order valence-electron chi connectivity index (χ1n) is 6.69. The van der Waals surface area contributed by atoms with E-state index in [1.165, 1.54) is 0 Å². The van der Waals surface area contributed by atoms with Crippen molar-refractivity contribution in [3.05, 3.63) is 58.8 Å². The lowest BCUT2D eigenvalue weighted by Crippen LogP contribution is -1.91. The third-order valence-electron chi connectivity index (χ3n) is 2.66. The number of imidazole rings is 1. The summed E-state index contributed by atoms with van der Waals surface area (Å²) in [5.41, 5.74) is 2.53. The van der Waals surface area contributed by atoms with Gasteiger partial charge in [-0.1, -0.05) is 34.1 Å². The van der Waals surface area contributed by atoms with Crippen molar-refractivity contribution in [3.8, 4) is 5.69 Å². The van der Waals surface area contributed by atoms with Crippen LogP contribution in [0, 0.1) is 6.85 Å². The maximum Gasteiger partial charge on any atom is 0.100 e. The number of rotatable bonds is 1. The molecular weight excluding hydrogens is 276 g/mol. The van der Waals surface area contributed by atoms with Gasteiger partial charge in [-0.25, -0.2) is 4.98 Å². The summed E-state index contributed by atoms with van der Waals surface area (Å²) in [5.74, 6) is 0. The molecule has 0 N–H and O–H groups in total.